The van der Waals surface area contributed by atoms with Crippen LogP contribution >= 0.6 is 0 Å². The van der Waals surface area contributed by atoms with Crippen molar-refractivity contribution >= 4 is 6.03 Å². The molecule has 0 bridgehead atoms. The highest BCUT2D eigenvalue weighted by Gasteiger charge is 2.30. The lowest BCUT2D eigenvalue weighted by Gasteiger charge is -2.38. The van der Waals surface area contributed by atoms with E-state index in [2.05, 4.69) is 26.1 Å². The zero-order chi connectivity index (χ0) is 13.2. The summed E-state index contributed by atoms with van der Waals surface area (Å²) in [6.07, 6.45) is 7.24. The predicted molar refractivity (Wildman–Crippen MR) is 74.5 cm³/mol. The lowest BCUT2D eigenvalue weighted by atomic mass is 9.75. The minimum absolute atomic E-state index is 0.171. The average molecular weight is 252 g/mol. The molecule has 2 amide bonds. The third-order valence-corrected chi connectivity index (χ3v) is 4.48. The molecule has 2 rings (SSSR count). The lowest BCUT2D eigenvalue weighted by Crippen LogP contribution is -2.50. The Kier molecular flexibility index (Phi) is 4.18. The first-order valence-electron chi connectivity index (χ1n) is 7.52. The number of hydrogen-bond acceptors (Lipinski definition) is 1. The summed E-state index contributed by atoms with van der Waals surface area (Å²) < 4.78 is 0. The third-order valence-electron chi connectivity index (χ3n) is 4.48. The molecular weight excluding hydrogens is 224 g/mol. The van der Waals surface area contributed by atoms with Crippen molar-refractivity contribution < 1.29 is 4.79 Å². The Morgan fingerprint density at radius 1 is 1.28 bits per heavy atom. The number of likely N-dealkylation sites (tertiary alicyclic amines) is 1. The van der Waals surface area contributed by atoms with E-state index in [-0.39, 0.29) is 6.03 Å². The molecule has 3 heteroatoms. The van der Waals surface area contributed by atoms with Crippen LogP contribution in [0.25, 0.3) is 0 Å². The van der Waals surface area contributed by atoms with Gasteiger partial charge in [-0.3, -0.25) is 0 Å². The van der Waals surface area contributed by atoms with Crippen LogP contribution in [-0.2, 0) is 0 Å². The number of carbonyl (C=O) groups is 1. The summed E-state index contributed by atoms with van der Waals surface area (Å²) in [4.78, 5) is 14.2. The highest BCUT2D eigenvalue weighted by atomic mass is 16.2. The Balaban J connectivity index is 1.83. The molecule has 0 aromatic rings. The van der Waals surface area contributed by atoms with Gasteiger partial charge in [0.25, 0.3) is 0 Å². The lowest BCUT2D eigenvalue weighted by molar-refractivity contribution is 0.151. The molecule has 1 saturated carbocycles. The first kappa shape index (κ1) is 13.7. The third kappa shape index (κ3) is 3.63. The van der Waals surface area contributed by atoms with Crippen molar-refractivity contribution in [1.82, 2.24) is 10.2 Å². The fourth-order valence-electron chi connectivity index (χ4n) is 3.46. The maximum absolute atomic E-state index is 12.2. The van der Waals surface area contributed by atoms with Crippen LogP contribution in [0.15, 0.2) is 0 Å². The number of piperidine rings is 1. The molecule has 0 radical (unpaired) electrons. The minimum atomic E-state index is 0.171. The standard InChI is InChI=1S/C15H28N2O/c1-12-6-5-9-17(11-12)14(18)16-13-7-4-8-15(2,3)10-13/h12-13H,4-11H2,1-3H3,(H,16,18). The van der Waals surface area contributed by atoms with Crippen LogP contribution in [0.3, 0.4) is 0 Å². The van der Waals surface area contributed by atoms with Gasteiger partial charge in [-0.05, 0) is 43.4 Å². The largest absolute Gasteiger partial charge is 0.335 e. The predicted octanol–water partition coefficient (Wildman–Crippen LogP) is 3.40. The molecule has 18 heavy (non-hydrogen) atoms. The van der Waals surface area contributed by atoms with E-state index in [0.717, 1.165) is 32.4 Å². The second-order valence-corrected chi connectivity index (χ2v) is 7.10. The van der Waals surface area contributed by atoms with Crippen molar-refractivity contribution in [2.45, 2.75) is 65.3 Å². The average Bonchev–Trinajstić information content (AvgIpc) is 2.27. The minimum Gasteiger partial charge on any atom is -0.335 e. The maximum atomic E-state index is 12.2. The Bertz CT molecular complexity index is 301. The molecule has 0 aromatic carbocycles. The Morgan fingerprint density at radius 2 is 2.06 bits per heavy atom. The highest BCUT2D eigenvalue weighted by Crippen LogP contribution is 2.35. The van der Waals surface area contributed by atoms with Gasteiger partial charge in [-0.1, -0.05) is 27.2 Å². The summed E-state index contributed by atoms with van der Waals surface area (Å²) in [6, 6.07) is 0.558. The van der Waals surface area contributed by atoms with Gasteiger partial charge in [-0.2, -0.15) is 0 Å². The van der Waals surface area contributed by atoms with Gasteiger partial charge < -0.3 is 10.2 Å². The number of rotatable bonds is 1. The summed E-state index contributed by atoms with van der Waals surface area (Å²) >= 11 is 0. The maximum Gasteiger partial charge on any atom is 0.317 e. The smallest absolute Gasteiger partial charge is 0.317 e. The van der Waals surface area contributed by atoms with Gasteiger partial charge in [-0.25, -0.2) is 4.79 Å². The van der Waals surface area contributed by atoms with Crippen LogP contribution in [0.1, 0.15) is 59.3 Å². The molecule has 1 aliphatic heterocycles. The van der Waals surface area contributed by atoms with Crippen LogP contribution in [0.4, 0.5) is 4.79 Å². The summed E-state index contributed by atoms with van der Waals surface area (Å²) in [5.41, 5.74) is 0.394. The normalized spacial score (nSPS) is 32.1. The molecule has 2 aliphatic rings. The molecule has 1 aliphatic carbocycles. The van der Waals surface area contributed by atoms with Crippen LogP contribution in [0.2, 0.25) is 0 Å². The van der Waals surface area contributed by atoms with Gasteiger partial charge in [0.15, 0.2) is 0 Å². The fourth-order valence-corrected chi connectivity index (χ4v) is 3.46. The van der Waals surface area contributed by atoms with Crippen LogP contribution in [0, 0.1) is 11.3 Å². The Labute approximate surface area is 111 Å². The number of nitrogens with one attached hydrogen (secondary N) is 1. The van der Waals surface area contributed by atoms with Crippen LogP contribution in [-0.4, -0.2) is 30.1 Å². The molecule has 2 atom stereocenters. The highest BCUT2D eigenvalue weighted by molar-refractivity contribution is 5.74. The molecule has 0 spiro atoms. The Hall–Kier alpha value is -0.730. The molecule has 0 aromatic heterocycles. The zero-order valence-corrected chi connectivity index (χ0v) is 12.2. The number of hydrogen-bond donors (Lipinski definition) is 1. The van der Waals surface area contributed by atoms with Crippen molar-refractivity contribution in [2.24, 2.45) is 11.3 Å². The SMILES string of the molecule is CC1CCCN(C(=O)NC2CCCC(C)(C)C2)C1. The molecule has 3 nitrogen and oxygen atoms in total. The second kappa shape index (κ2) is 5.50. The van der Waals surface area contributed by atoms with Gasteiger partial charge in [0.1, 0.15) is 0 Å². The molecule has 104 valence electrons. The molecule has 1 heterocycles. The van der Waals surface area contributed by atoms with E-state index in [0.29, 0.717) is 17.4 Å². The van der Waals surface area contributed by atoms with Gasteiger partial charge in [0.2, 0.25) is 0 Å². The summed E-state index contributed by atoms with van der Waals surface area (Å²) in [5, 5.41) is 3.25. The molecule has 2 fully saturated rings. The van der Waals surface area contributed by atoms with Crippen molar-refractivity contribution in [2.75, 3.05) is 13.1 Å². The van der Waals surface area contributed by atoms with E-state index < -0.39 is 0 Å². The van der Waals surface area contributed by atoms with Gasteiger partial charge in [0.05, 0.1) is 0 Å². The molecule has 1 saturated heterocycles. The van der Waals surface area contributed by atoms with Crippen LogP contribution in [0.5, 0.6) is 0 Å². The number of carbonyl (C=O) groups excluding carboxylic acids is 1. The van der Waals surface area contributed by atoms with Crippen molar-refractivity contribution in [1.29, 1.82) is 0 Å². The quantitative estimate of drug-likeness (QED) is 0.762. The first-order valence-corrected chi connectivity index (χ1v) is 7.52. The molecule has 1 N–H and O–H groups in total. The van der Waals surface area contributed by atoms with E-state index in [4.69, 9.17) is 0 Å². The number of amides is 2. The van der Waals surface area contributed by atoms with Crippen LogP contribution < -0.4 is 5.32 Å². The van der Waals surface area contributed by atoms with E-state index >= 15 is 0 Å². The summed E-state index contributed by atoms with van der Waals surface area (Å²) in [5.74, 6) is 0.660. The van der Waals surface area contributed by atoms with E-state index in [9.17, 15) is 4.79 Å². The number of nitrogens with zero attached hydrogens (tertiary/aromatic N) is 1. The zero-order valence-electron chi connectivity index (χ0n) is 12.2. The van der Waals surface area contributed by atoms with E-state index in [1.807, 2.05) is 4.90 Å². The fraction of sp³-hybridized carbons (Fsp3) is 0.933. The topological polar surface area (TPSA) is 32.3 Å². The van der Waals surface area contributed by atoms with Crippen molar-refractivity contribution in [3.63, 3.8) is 0 Å². The van der Waals surface area contributed by atoms with E-state index in [1.165, 1.54) is 19.3 Å². The molecule has 2 unspecified atom stereocenters. The second-order valence-electron chi connectivity index (χ2n) is 7.10. The van der Waals surface area contributed by atoms with Crippen molar-refractivity contribution in [3.05, 3.63) is 0 Å². The van der Waals surface area contributed by atoms with Gasteiger partial charge >= 0.3 is 6.03 Å². The Morgan fingerprint density at radius 3 is 2.72 bits per heavy atom. The van der Waals surface area contributed by atoms with Gasteiger partial charge in [-0.15, -0.1) is 0 Å². The first-order chi connectivity index (χ1) is 8.46. The van der Waals surface area contributed by atoms with Crippen molar-refractivity contribution in [3.8, 4) is 0 Å². The monoisotopic (exact) mass is 252 g/mol. The summed E-state index contributed by atoms with van der Waals surface area (Å²) in [6.45, 7) is 8.74. The van der Waals surface area contributed by atoms with Gasteiger partial charge in [0, 0.05) is 19.1 Å². The molecular formula is C15H28N2O. The summed E-state index contributed by atoms with van der Waals surface area (Å²) in [7, 11) is 0. The van der Waals surface area contributed by atoms with E-state index in [1.54, 1.807) is 0 Å². The number of urea groups is 1.